The highest BCUT2D eigenvalue weighted by Crippen LogP contribution is 2.44. The monoisotopic (exact) mass is 372 g/mol. The number of ether oxygens (including phenoxy) is 2. The summed E-state index contributed by atoms with van der Waals surface area (Å²) in [5.41, 5.74) is 7.65. The Morgan fingerprint density at radius 3 is 2.74 bits per heavy atom. The van der Waals surface area contributed by atoms with Crippen molar-refractivity contribution < 1.29 is 13.9 Å². The average molecular weight is 372 g/mol. The van der Waals surface area contributed by atoms with Crippen molar-refractivity contribution in [3.8, 4) is 11.5 Å². The quantitative estimate of drug-likeness (QED) is 0.651. The first-order valence-electron chi connectivity index (χ1n) is 5.61. The molecule has 19 heavy (non-hydrogen) atoms. The molecule has 1 aromatic heterocycles. The molecule has 2 N–H and O–H groups in total. The molecule has 2 atom stereocenters. The summed E-state index contributed by atoms with van der Waals surface area (Å²) in [6.45, 7) is 0. The number of benzene rings is 1. The number of fused-ring (bicyclic) bond motifs is 1. The van der Waals surface area contributed by atoms with Gasteiger partial charge in [-0.2, -0.15) is 0 Å². The molecular formula is C13H10FIN2O2. The maximum atomic E-state index is 13.6. The number of aromatic nitrogens is 1. The summed E-state index contributed by atoms with van der Waals surface area (Å²) in [5.74, 6) is 0.717. The van der Waals surface area contributed by atoms with E-state index in [1.807, 2.05) is 18.2 Å². The Kier molecular flexibility index (Phi) is 3.06. The lowest BCUT2D eigenvalue weighted by molar-refractivity contribution is -0.0844. The fourth-order valence-electron chi connectivity index (χ4n) is 1.89. The lowest BCUT2D eigenvalue weighted by Gasteiger charge is -2.11. The Labute approximate surface area is 122 Å². The minimum Gasteiger partial charge on any atom is -0.415 e. The molecule has 2 unspecified atom stereocenters. The van der Waals surface area contributed by atoms with E-state index in [4.69, 9.17) is 15.2 Å². The number of nitrogens with zero attached hydrogens (tertiary/aromatic N) is 1. The number of alkyl halides is 2. The minimum absolute atomic E-state index is 0.348. The standard InChI is InChI=1S/C13H10FIN2O2/c14-13(15)18-10-5-4-8(7-11(10)19-13)12(16)9-3-1-2-6-17-9/h1-7,12H,16H2. The highest BCUT2D eigenvalue weighted by molar-refractivity contribution is 14.1. The fraction of sp³-hybridized carbons (Fsp3) is 0.154. The van der Waals surface area contributed by atoms with Crippen LogP contribution in [0.25, 0.3) is 0 Å². The van der Waals surface area contributed by atoms with Crippen LogP contribution in [0.1, 0.15) is 17.3 Å². The van der Waals surface area contributed by atoms with Crippen molar-refractivity contribution in [2.24, 2.45) is 5.73 Å². The van der Waals surface area contributed by atoms with Gasteiger partial charge in [0.15, 0.2) is 11.5 Å². The normalized spacial score (nSPS) is 22.3. The Balaban J connectivity index is 1.92. The summed E-state index contributed by atoms with van der Waals surface area (Å²) < 4.78 is 21.4. The Morgan fingerprint density at radius 1 is 1.21 bits per heavy atom. The highest BCUT2D eigenvalue weighted by Gasteiger charge is 2.39. The summed E-state index contributed by atoms with van der Waals surface area (Å²) in [7, 11) is 0. The van der Waals surface area contributed by atoms with Crippen LogP contribution in [0, 0.1) is 0 Å². The second-order valence-electron chi connectivity index (χ2n) is 4.11. The topological polar surface area (TPSA) is 57.4 Å². The third-order valence-corrected chi connectivity index (χ3v) is 3.23. The third-order valence-electron chi connectivity index (χ3n) is 2.79. The molecule has 98 valence electrons. The average Bonchev–Trinajstić information content (AvgIpc) is 2.71. The lowest BCUT2D eigenvalue weighted by Crippen LogP contribution is -2.23. The van der Waals surface area contributed by atoms with Gasteiger partial charge in [-0.15, -0.1) is 4.39 Å². The van der Waals surface area contributed by atoms with Crippen molar-refractivity contribution in [1.29, 1.82) is 0 Å². The molecule has 0 spiro atoms. The Bertz CT molecular complexity index is 607. The molecule has 3 rings (SSSR count). The van der Waals surface area contributed by atoms with Gasteiger partial charge in [0.05, 0.1) is 34.3 Å². The van der Waals surface area contributed by atoms with Gasteiger partial charge in [0.25, 0.3) is 0 Å². The predicted molar refractivity (Wildman–Crippen MR) is 75.8 cm³/mol. The van der Waals surface area contributed by atoms with Gasteiger partial charge in [-0.3, -0.25) is 4.98 Å². The van der Waals surface area contributed by atoms with Crippen LogP contribution >= 0.6 is 22.6 Å². The number of halogens is 2. The van der Waals surface area contributed by atoms with E-state index >= 15 is 0 Å². The van der Waals surface area contributed by atoms with Crippen molar-refractivity contribution >= 4 is 22.6 Å². The number of hydrogen-bond acceptors (Lipinski definition) is 4. The van der Waals surface area contributed by atoms with Crippen LogP contribution in [0.3, 0.4) is 0 Å². The Hall–Kier alpha value is -1.41. The SMILES string of the molecule is NC(c1ccc2c(c1)OC(F)(I)O2)c1ccccn1. The highest BCUT2D eigenvalue weighted by atomic mass is 127. The molecule has 0 saturated heterocycles. The molecular weight excluding hydrogens is 362 g/mol. The van der Waals surface area contributed by atoms with Gasteiger partial charge < -0.3 is 15.2 Å². The van der Waals surface area contributed by atoms with E-state index in [0.29, 0.717) is 11.5 Å². The summed E-state index contributed by atoms with van der Waals surface area (Å²) >= 11 is 1.45. The van der Waals surface area contributed by atoms with Crippen molar-refractivity contribution in [2.45, 2.75) is 10.1 Å². The van der Waals surface area contributed by atoms with E-state index in [2.05, 4.69) is 4.98 Å². The third kappa shape index (κ3) is 2.50. The predicted octanol–water partition coefficient (Wildman–Crippen LogP) is 2.92. The van der Waals surface area contributed by atoms with Gasteiger partial charge in [0, 0.05) is 6.20 Å². The van der Waals surface area contributed by atoms with E-state index in [9.17, 15) is 4.39 Å². The van der Waals surface area contributed by atoms with Crippen LogP contribution in [0.15, 0.2) is 42.6 Å². The molecule has 0 bridgehead atoms. The van der Waals surface area contributed by atoms with Gasteiger partial charge in [-0.05, 0) is 29.8 Å². The van der Waals surface area contributed by atoms with E-state index in [1.165, 1.54) is 22.6 Å². The van der Waals surface area contributed by atoms with Crippen LogP contribution in [0.5, 0.6) is 11.5 Å². The molecule has 4 nitrogen and oxygen atoms in total. The fourth-order valence-corrected chi connectivity index (χ4v) is 2.36. The van der Waals surface area contributed by atoms with E-state index in [1.54, 1.807) is 24.4 Å². The van der Waals surface area contributed by atoms with Crippen molar-refractivity contribution in [3.63, 3.8) is 0 Å². The first-order valence-corrected chi connectivity index (χ1v) is 6.69. The van der Waals surface area contributed by atoms with Crippen molar-refractivity contribution in [3.05, 3.63) is 53.9 Å². The molecule has 0 fully saturated rings. The molecule has 2 heterocycles. The molecule has 1 aliphatic rings. The molecule has 0 aliphatic carbocycles. The molecule has 1 aromatic carbocycles. The lowest BCUT2D eigenvalue weighted by atomic mass is 10.0. The zero-order valence-corrected chi connectivity index (χ0v) is 11.9. The maximum absolute atomic E-state index is 13.6. The van der Waals surface area contributed by atoms with Crippen LogP contribution < -0.4 is 15.2 Å². The smallest absolute Gasteiger partial charge is 0.415 e. The van der Waals surface area contributed by atoms with E-state index < -0.39 is 4.05 Å². The largest absolute Gasteiger partial charge is 0.462 e. The maximum Gasteiger partial charge on any atom is 0.462 e. The number of rotatable bonds is 2. The van der Waals surface area contributed by atoms with E-state index in [0.717, 1.165) is 11.3 Å². The minimum atomic E-state index is -2.15. The first kappa shape index (κ1) is 12.6. The van der Waals surface area contributed by atoms with Gasteiger partial charge >= 0.3 is 4.05 Å². The van der Waals surface area contributed by atoms with Crippen LogP contribution in [-0.4, -0.2) is 9.03 Å². The zero-order chi connectivity index (χ0) is 13.5. The number of nitrogens with two attached hydrogens (primary N) is 1. The summed E-state index contributed by atoms with van der Waals surface area (Å²) in [6, 6.07) is 10.2. The van der Waals surface area contributed by atoms with Gasteiger partial charge in [0.2, 0.25) is 0 Å². The van der Waals surface area contributed by atoms with Crippen LogP contribution in [0.2, 0.25) is 0 Å². The van der Waals surface area contributed by atoms with Crippen molar-refractivity contribution in [1.82, 2.24) is 4.98 Å². The molecule has 2 aromatic rings. The number of pyridine rings is 1. The molecule has 0 radical (unpaired) electrons. The second-order valence-corrected chi connectivity index (χ2v) is 5.39. The molecule has 0 saturated carbocycles. The Morgan fingerprint density at radius 2 is 2.00 bits per heavy atom. The van der Waals surface area contributed by atoms with Gasteiger partial charge in [0.1, 0.15) is 0 Å². The first-order chi connectivity index (χ1) is 9.05. The molecule has 0 amide bonds. The van der Waals surface area contributed by atoms with Crippen LogP contribution in [-0.2, 0) is 0 Å². The second kappa shape index (κ2) is 4.61. The molecule has 6 heteroatoms. The van der Waals surface area contributed by atoms with Gasteiger partial charge in [-0.1, -0.05) is 12.1 Å². The van der Waals surface area contributed by atoms with Crippen LogP contribution in [0.4, 0.5) is 4.39 Å². The van der Waals surface area contributed by atoms with E-state index in [-0.39, 0.29) is 6.04 Å². The zero-order valence-electron chi connectivity index (χ0n) is 9.72. The number of hydrogen-bond donors (Lipinski definition) is 1. The summed E-state index contributed by atoms with van der Waals surface area (Å²) in [5, 5.41) is 0. The van der Waals surface area contributed by atoms with Crippen molar-refractivity contribution in [2.75, 3.05) is 0 Å². The summed E-state index contributed by atoms with van der Waals surface area (Å²) in [4.78, 5) is 4.20. The summed E-state index contributed by atoms with van der Waals surface area (Å²) in [6.07, 6.45) is 1.68. The van der Waals surface area contributed by atoms with Gasteiger partial charge in [-0.25, -0.2) is 0 Å². The molecule has 1 aliphatic heterocycles.